The second-order valence-electron chi connectivity index (χ2n) is 7.61. The third-order valence-electron chi connectivity index (χ3n) is 5.00. The third-order valence-corrected chi connectivity index (χ3v) is 6.51. The lowest BCUT2D eigenvalue weighted by Gasteiger charge is -2.15. The molecule has 2 aromatic heterocycles. The molecule has 0 radical (unpaired) electrons. The number of aryl methyl sites for hydroxylation is 2. The lowest BCUT2D eigenvalue weighted by molar-refractivity contribution is -0.122. The molecule has 0 fully saturated rings. The highest BCUT2D eigenvalue weighted by atomic mass is 35.5. The fourth-order valence-corrected chi connectivity index (χ4v) is 4.44. The molecule has 4 rings (SSSR count). The van der Waals surface area contributed by atoms with E-state index in [4.69, 9.17) is 21.1 Å². The molecule has 4 aromatic rings. The summed E-state index contributed by atoms with van der Waals surface area (Å²) in [6.45, 7) is 8.19. The summed E-state index contributed by atoms with van der Waals surface area (Å²) in [5, 5.41) is 4.97. The largest absolute Gasteiger partial charge is 0.491 e. The van der Waals surface area contributed by atoms with Crippen LogP contribution in [0.2, 0.25) is 5.02 Å². The van der Waals surface area contributed by atoms with E-state index in [1.54, 1.807) is 13.1 Å². The highest BCUT2D eigenvalue weighted by molar-refractivity contribution is 7.22. The van der Waals surface area contributed by atoms with Gasteiger partial charge in [-0.2, -0.15) is 0 Å². The van der Waals surface area contributed by atoms with Crippen LogP contribution < -0.4 is 14.8 Å². The molecule has 0 aliphatic heterocycles. The van der Waals surface area contributed by atoms with E-state index in [-0.39, 0.29) is 5.91 Å². The topological polar surface area (TPSA) is 73.3 Å². The summed E-state index contributed by atoms with van der Waals surface area (Å²) < 4.78 is 12.7. The molecule has 8 heteroatoms. The number of carbonyl (C=O) groups excluding carboxylic acids is 1. The van der Waals surface area contributed by atoms with Crippen molar-refractivity contribution in [2.45, 2.75) is 40.2 Å². The zero-order valence-electron chi connectivity index (χ0n) is 18.4. The monoisotopic (exact) mass is 469 g/mol. The van der Waals surface area contributed by atoms with Gasteiger partial charge in [-0.25, -0.2) is 4.98 Å². The molecule has 0 aliphatic carbocycles. The van der Waals surface area contributed by atoms with Crippen molar-refractivity contribution in [3.8, 4) is 11.5 Å². The molecule has 32 heavy (non-hydrogen) atoms. The van der Waals surface area contributed by atoms with Crippen molar-refractivity contribution in [2.24, 2.45) is 0 Å². The van der Waals surface area contributed by atoms with E-state index < -0.39 is 6.10 Å². The summed E-state index contributed by atoms with van der Waals surface area (Å²) in [4.78, 5) is 21.9. The summed E-state index contributed by atoms with van der Waals surface area (Å²) in [6.07, 6.45) is 1.94. The van der Waals surface area contributed by atoms with Gasteiger partial charge in [0.1, 0.15) is 17.0 Å². The Morgan fingerprint density at radius 2 is 1.97 bits per heavy atom. The van der Waals surface area contributed by atoms with E-state index >= 15 is 0 Å². The van der Waals surface area contributed by atoms with Crippen molar-refractivity contribution in [3.63, 3.8) is 0 Å². The first kappa shape index (κ1) is 22.3. The lowest BCUT2D eigenvalue weighted by Crippen LogP contribution is -2.30. The molecule has 0 unspecified atom stereocenters. The van der Waals surface area contributed by atoms with Crippen LogP contribution in [0.25, 0.3) is 21.1 Å². The van der Waals surface area contributed by atoms with Gasteiger partial charge in [0.25, 0.3) is 5.91 Å². The predicted molar refractivity (Wildman–Crippen MR) is 130 cm³/mol. The van der Waals surface area contributed by atoms with Crippen LogP contribution in [-0.4, -0.2) is 28.6 Å². The fraction of sp³-hybridized carbons (Fsp3) is 0.292. The van der Waals surface area contributed by atoms with Crippen molar-refractivity contribution < 1.29 is 14.3 Å². The van der Waals surface area contributed by atoms with E-state index in [0.29, 0.717) is 22.5 Å². The molecule has 1 atom stereocenters. The van der Waals surface area contributed by atoms with Crippen molar-refractivity contribution in [1.29, 1.82) is 0 Å². The van der Waals surface area contributed by atoms with Gasteiger partial charge in [-0.3, -0.25) is 15.1 Å². The number of benzene rings is 2. The first-order valence-electron chi connectivity index (χ1n) is 10.4. The van der Waals surface area contributed by atoms with Crippen molar-refractivity contribution in [1.82, 2.24) is 9.97 Å². The second-order valence-corrected chi connectivity index (χ2v) is 9.02. The van der Waals surface area contributed by atoms with Crippen LogP contribution in [0, 0.1) is 13.8 Å². The van der Waals surface area contributed by atoms with Crippen LogP contribution in [0.3, 0.4) is 0 Å². The Kier molecular flexibility index (Phi) is 6.48. The molecule has 0 bridgehead atoms. The molecule has 0 saturated heterocycles. The maximum Gasteiger partial charge on any atom is 0.266 e. The number of thiazole rings is 1. The van der Waals surface area contributed by atoms with Crippen molar-refractivity contribution >= 4 is 55.1 Å². The molecular formula is C24H24ClN3O3S. The van der Waals surface area contributed by atoms with Crippen LogP contribution >= 0.6 is 22.9 Å². The summed E-state index contributed by atoms with van der Waals surface area (Å²) >= 11 is 7.61. The van der Waals surface area contributed by atoms with Gasteiger partial charge in [0.05, 0.1) is 16.8 Å². The number of rotatable bonds is 7. The van der Waals surface area contributed by atoms with Gasteiger partial charge in [0, 0.05) is 22.7 Å². The number of nitrogens with zero attached hydrogens (tertiary/aromatic N) is 2. The van der Waals surface area contributed by atoms with Crippen LogP contribution in [0.4, 0.5) is 5.13 Å². The van der Waals surface area contributed by atoms with Crippen LogP contribution in [0.15, 0.2) is 36.5 Å². The number of aromatic nitrogens is 2. The number of amides is 1. The molecule has 1 N–H and O–H groups in total. The smallest absolute Gasteiger partial charge is 0.266 e. The van der Waals surface area contributed by atoms with E-state index in [2.05, 4.69) is 22.2 Å². The molecule has 0 saturated carbocycles. The van der Waals surface area contributed by atoms with Crippen LogP contribution in [0.1, 0.15) is 31.4 Å². The molecule has 0 spiro atoms. The number of fused-ring (bicyclic) bond motifs is 3. The molecule has 2 heterocycles. The number of hydrogen-bond donors (Lipinski definition) is 1. The number of nitrogens with one attached hydrogen (secondary N) is 1. The van der Waals surface area contributed by atoms with E-state index in [0.717, 1.165) is 44.4 Å². The van der Waals surface area contributed by atoms with Crippen molar-refractivity contribution in [2.75, 3.05) is 11.9 Å². The van der Waals surface area contributed by atoms with Crippen molar-refractivity contribution in [3.05, 3.63) is 52.7 Å². The number of carbonyl (C=O) groups is 1. The first-order valence-corrected chi connectivity index (χ1v) is 11.6. The van der Waals surface area contributed by atoms with Crippen LogP contribution in [-0.2, 0) is 4.79 Å². The average Bonchev–Trinajstić information content (AvgIpc) is 3.18. The average molecular weight is 470 g/mol. The molecule has 2 aromatic carbocycles. The highest BCUT2D eigenvalue weighted by Crippen LogP contribution is 2.36. The minimum absolute atomic E-state index is 0.279. The lowest BCUT2D eigenvalue weighted by atomic mass is 10.1. The van der Waals surface area contributed by atoms with Gasteiger partial charge in [0.2, 0.25) is 0 Å². The fourth-order valence-electron chi connectivity index (χ4n) is 3.42. The Morgan fingerprint density at radius 3 is 2.69 bits per heavy atom. The van der Waals surface area contributed by atoms with Gasteiger partial charge >= 0.3 is 0 Å². The van der Waals surface area contributed by atoms with Gasteiger partial charge in [0.15, 0.2) is 11.2 Å². The minimum Gasteiger partial charge on any atom is -0.491 e. The second kappa shape index (κ2) is 9.30. The summed E-state index contributed by atoms with van der Waals surface area (Å²) in [7, 11) is 0. The van der Waals surface area contributed by atoms with E-state index in [1.165, 1.54) is 11.3 Å². The molecule has 1 amide bonds. The highest BCUT2D eigenvalue weighted by Gasteiger charge is 2.19. The molecule has 0 aliphatic rings. The number of halogens is 1. The zero-order valence-corrected chi connectivity index (χ0v) is 19.9. The zero-order chi connectivity index (χ0) is 22.8. The minimum atomic E-state index is -0.705. The summed E-state index contributed by atoms with van der Waals surface area (Å²) in [6, 6.07) is 9.43. The Morgan fingerprint density at radius 1 is 1.22 bits per heavy atom. The standard InChI is InChI=1S/C24H24ClN3O3S/c1-5-9-30-18-12-19-22(17-7-6-8-26-21(17)18)27-24(32-19)28-23(29)15(4)31-16-10-13(2)20(25)14(3)11-16/h6-8,10-12,15H,5,9H2,1-4H3,(H,27,28,29)/t15-/m0/s1. The Labute approximate surface area is 195 Å². The number of ether oxygens (including phenoxy) is 2. The molecule has 6 nitrogen and oxygen atoms in total. The normalized spacial score (nSPS) is 12.2. The predicted octanol–water partition coefficient (Wildman–Crippen LogP) is 6.31. The van der Waals surface area contributed by atoms with Gasteiger partial charge in [-0.1, -0.05) is 29.9 Å². The molecule has 166 valence electrons. The van der Waals surface area contributed by atoms with Gasteiger partial charge in [-0.15, -0.1) is 0 Å². The number of anilines is 1. The SMILES string of the molecule is CCCOc1cc2sc(NC(=O)[C@H](C)Oc3cc(C)c(Cl)c(C)c3)nc2c2cccnc12. The molecular weight excluding hydrogens is 446 g/mol. The van der Waals surface area contributed by atoms with Gasteiger partial charge < -0.3 is 9.47 Å². The van der Waals surface area contributed by atoms with Crippen LogP contribution in [0.5, 0.6) is 11.5 Å². The third kappa shape index (κ3) is 4.49. The Bertz CT molecular complexity index is 1280. The van der Waals surface area contributed by atoms with E-state index in [9.17, 15) is 4.79 Å². The number of pyridine rings is 1. The first-order chi connectivity index (χ1) is 15.4. The summed E-state index contributed by atoms with van der Waals surface area (Å²) in [5.41, 5.74) is 3.36. The Balaban J connectivity index is 1.57. The number of hydrogen-bond acceptors (Lipinski definition) is 6. The summed E-state index contributed by atoms with van der Waals surface area (Å²) in [5.74, 6) is 1.05. The quantitative estimate of drug-likeness (QED) is 0.343. The van der Waals surface area contributed by atoms with E-state index in [1.807, 2.05) is 44.2 Å². The Hall–Kier alpha value is -2.90. The maximum atomic E-state index is 12.8. The van der Waals surface area contributed by atoms with Gasteiger partial charge in [-0.05, 0) is 62.6 Å². The maximum absolute atomic E-state index is 12.8.